The first-order chi connectivity index (χ1) is 13.9. The molecule has 2 fully saturated rings. The molecule has 0 aliphatic carbocycles. The molecule has 29 heavy (non-hydrogen) atoms. The SMILES string of the molecule is COCCN1N=C(C)C(C)N2C3C(=O)N(Cc4ccccc4)C(=O)N(C)C3NC12. The molecular weight excluding hydrogens is 372 g/mol. The van der Waals surface area contributed by atoms with E-state index >= 15 is 0 Å². The van der Waals surface area contributed by atoms with E-state index in [9.17, 15) is 9.59 Å². The highest BCUT2D eigenvalue weighted by atomic mass is 16.5. The Morgan fingerprint density at radius 1 is 1.21 bits per heavy atom. The van der Waals surface area contributed by atoms with Gasteiger partial charge in [0.15, 0.2) is 6.29 Å². The van der Waals surface area contributed by atoms with Crippen LogP contribution in [0.2, 0.25) is 0 Å². The van der Waals surface area contributed by atoms with Crippen LogP contribution < -0.4 is 5.32 Å². The predicted molar refractivity (Wildman–Crippen MR) is 108 cm³/mol. The van der Waals surface area contributed by atoms with E-state index < -0.39 is 12.2 Å². The highest BCUT2D eigenvalue weighted by molar-refractivity contribution is 6.01. The minimum absolute atomic E-state index is 0.0228. The van der Waals surface area contributed by atoms with E-state index in [1.165, 1.54) is 4.90 Å². The number of nitrogens with zero attached hydrogens (tertiary/aromatic N) is 5. The van der Waals surface area contributed by atoms with Crippen molar-refractivity contribution in [2.24, 2.45) is 5.10 Å². The molecule has 2 saturated heterocycles. The number of rotatable bonds is 5. The van der Waals surface area contributed by atoms with Crippen LogP contribution in [0.5, 0.6) is 0 Å². The lowest BCUT2D eigenvalue weighted by Gasteiger charge is -2.45. The van der Waals surface area contributed by atoms with E-state index in [4.69, 9.17) is 9.84 Å². The van der Waals surface area contributed by atoms with Gasteiger partial charge in [0, 0.05) is 14.2 Å². The van der Waals surface area contributed by atoms with E-state index in [-0.39, 0.29) is 30.8 Å². The Kier molecular flexibility index (Phi) is 5.28. The molecule has 1 aromatic carbocycles. The second kappa shape index (κ2) is 7.74. The van der Waals surface area contributed by atoms with Crippen molar-refractivity contribution < 1.29 is 14.3 Å². The summed E-state index contributed by atoms with van der Waals surface area (Å²) in [6.07, 6.45) is -0.671. The molecule has 4 atom stereocenters. The number of imide groups is 1. The van der Waals surface area contributed by atoms with Crippen molar-refractivity contribution in [1.29, 1.82) is 0 Å². The van der Waals surface area contributed by atoms with Gasteiger partial charge in [-0.25, -0.2) is 9.69 Å². The van der Waals surface area contributed by atoms with Gasteiger partial charge in [-0.1, -0.05) is 30.3 Å². The molecule has 0 spiro atoms. The van der Waals surface area contributed by atoms with Gasteiger partial charge < -0.3 is 9.64 Å². The molecule has 4 rings (SSSR count). The average molecular weight is 400 g/mol. The van der Waals surface area contributed by atoms with E-state index in [1.807, 2.05) is 42.3 Å². The lowest BCUT2D eigenvalue weighted by Crippen LogP contribution is -2.67. The molecule has 3 heterocycles. The fraction of sp³-hybridized carbons (Fsp3) is 0.550. The molecule has 0 saturated carbocycles. The molecule has 1 N–H and O–H groups in total. The second-order valence-electron chi connectivity index (χ2n) is 7.75. The lowest BCUT2D eigenvalue weighted by atomic mass is 10.0. The van der Waals surface area contributed by atoms with E-state index in [1.54, 1.807) is 19.1 Å². The van der Waals surface area contributed by atoms with Crippen LogP contribution >= 0.6 is 0 Å². The van der Waals surface area contributed by atoms with Gasteiger partial charge in [-0.3, -0.25) is 20.0 Å². The Morgan fingerprint density at radius 2 is 1.93 bits per heavy atom. The van der Waals surface area contributed by atoms with Gasteiger partial charge in [-0.05, 0) is 19.4 Å². The standard InChI is InChI=1S/C20H28N6O3/c1-13-14(2)26-16-17(21-19(26)25(22-13)10-11-29-4)23(3)20(28)24(18(16)27)12-15-8-6-5-7-9-15/h5-9,14,16-17,19,21H,10-12H2,1-4H3. The summed E-state index contributed by atoms with van der Waals surface area (Å²) >= 11 is 0. The van der Waals surface area contributed by atoms with Crippen molar-refractivity contribution in [1.82, 2.24) is 25.0 Å². The topological polar surface area (TPSA) is 80.7 Å². The Hall–Kier alpha value is -2.49. The van der Waals surface area contributed by atoms with Crippen LogP contribution in [-0.2, 0) is 16.1 Å². The number of likely N-dealkylation sites (N-methyl/N-ethyl adjacent to an activating group) is 1. The van der Waals surface area contributed by atoms with E-state index in [0.29, 0.717) is 13.2 Å². The fourth-order valence-corrected chi connectivity index (χ4v) is 4.31. The first kappa shape index (κ1) is 19.8. The number of amides is 3. The van der Waals surface area contributed by atoms with Gasteiger partial charge >= 0.3 is 6.03 Å². The van der Waals surface area contributed by atoms with Crippen LogP contribution in [-0.4, -0.2) is 89.2 Å². The molecule has 9 heteroatoms. The Balaban J connectivity index is 1.64. The summed E-state index contributed by atoms with van der Waals surface area (Å²) < 4.78 is 5.22. The number of hydrazone groups is 1. The molecule has 3 aliphatic rings. The number of hydrogen-bond donors (Lipinski definition) is 1. The van der Waals surface area contributed by atoms with Gasteiger partial charge in [0.05, 0.1) is 31.4 Å². The van der Waals surface area contributed by atoms with Crippen LogP contribution in [0.25, 0.3) is 0 Å². The lowest BCUT2D eigenvalue weighted by molar-refractivity contribution is -0.140. The Morgan fingerprint density at radius 3 is 2.62 bits per heavy atom. The van der Waals surface area contributed by atoms with Crippen molar-refractivity contribution in [2.45, 2.75) is 44.9 Å². The summed E-state index contributed by atoms with van der Waals surface area (Å²) in [5.74, 6) is -0.176. The summed E-state index contributed by atoms with van der Waals surface area (Å²) in [7, 11) is 3.40. The Labute approximate surface area is 170 Å². The van der Waals surface area contributed by atoms with E-state index in [2.05, 4.69) is 17.1 Å². The van der Waals surface area contributed by atoms with Crippen molar-refractivity contribution in [3.63, 3.8) is 0 Å². The van der Waals surface area contributed by atoms with Gasteiger partial charge in [0.1, 0.15) is 12.2 Å². The minimum atomic E-state index is -0.475. The molecule has 0 radical (unpaired) electrons. The minimum Gasteiger partial charge on any atom is -0.383 e. The quantitative estimate of drug-likeness (QED) is 0.783. The average Bonchev–Trinajstić information content (AvgIpc) is 3.13. The number of carbonyl (C=O) groups is 2. The molecule has 156 valence electrons. The van der Waals surface area contributed by atoms with Crippen LogP contribution in [0, 0.1) is 0 Å². The Bertz CT molecular complexity index is 816. The number of benzene rings is 1. The summed E-state index contributed by atoms with van der Waals surface area (Å²) in [5, 5.41) is 10.0. The molecule has 4 unspecified atom stereocenters. The zero-order chi connectivity index (χ0) is 20.7. The van der Waals surface area contributed by atoms with Crippen molar-refractivity contribution in [2.75, 3.05) is 27.3 Å². The fourth-order valence-electron chi connectivity index (χ4n) is 4.31. The zero-order valence-electron chi connectivity index (χ0n) is 17.3. The number of hydrogen-bond acceptors (Lipinski definition) is 7. The second-order valence-corrected chi connectivity index (χ2v) is 7.75. The molecule has 9 nitrogen and oxygen atoms in total. The molecule has 1 aromatic rings. The van der Waals surface area contributed by atoms with Crippen molar-refractivity contribution in [3.8, 4) is 0 Å². The summed E-state index contributed by atoms with van der Waals surface area (Å²) in [4.78, 5) is 31.6. The van der Waals surface area contributed by atoms with Crippen molar-refractivity contribution >= 4 is 17.6 Å². The van der Waals surface area contributed by atoms with Gasteiger partial charge in [-0.15, -0.1) is 0 Å². The van der Waals surface area contributed by atoms with Crippen LogP contribution in [0.1, 0.15) is 19.4 Å². The third-order valence-corrected chi connectivity index (χ3v) is 6.02. The first-order valence-electron chi connectivity index (χ1n) is 9.90. The van der Waals surface area contributed by atoms with Gasteiger partial charge in [0.25, 0.3) is 5.91 Å². The predicted octanol–water partition coefficient (Wildman–Crippen LogP) is 0.691. The number of ether oxygens (including phenoxy) is 1. The van der Waals surface area contributed by atoms with Crippen molar-refractivity contribution in [3.05, 3.63) is 35.9 Å². The molecule has 0 aromatic heterocycles. The third-order valence-electron chi connectivity index (χ3n) is 6.02. The van der Waals surface area contributed by atoms with Crippen LogP contribution in [0.4, 0.5) is 4.79 Å². The zero-order valence-corrected chi connectivity index (χ0v) is 17.3. The monoisotopic (exact) mass is 400 g/mol. The summed E-state index contributed by atoms with van der Waals surface area (Å²) in [6, 6.07) is 8.80. The normalized spacial score (nSPS) is 29.8. The third kappa shape index (κ3) is 3.29. The number of nitrogens with one attached hydrogen (secondary N) is 1. The smallest absolute Gasteiger partial charge is 0.328 e. The number of methoxy groups -OCH3 is 1. The summed E-state index contributed by atoms with van der Waals surface area (Å²) in [5.41, 5.74) is 1.86. The molecule has 3 aliphatic heterocycles. The van der Waals surface area contributed by atoms with Crippen LogP contribution in [0.15, 0.2) is 35.4 Å². The van der Waals surface area contributed by atoms with Crippen LogP contribution in [0.3, 0.4) is 0 Å². The maximum absolute atomic E-state index is 13.5. The molecule has 3 amide bonds. The maximum Gasteiger partial charge on any atom is 0.328 e. The van der Waals surface area contributed by atoms with Gasteiger partial charge in [-0.2, -0.15) is 5.10 Å². The first-order valence-corrected chi connectivity index (χ1v) is 9.90. The highest BCUT2D eigenvalue weighted by Gasteiger charge is 2.57. The largest absolute Gasteiger partial charge is 0.383 e. The highest BCUT2D eigenvalue weighted by Crippen LogP contribution is 2.33. The van der Waals surface area contributed by atoms with Gasteiger partial charge in [0.2, 0.25) is 0 Å². The van der Waals surface area contributed by atoms with E-state index in [0.717, 1.165) is 11.3 Å². The summed E-state index contributed by atoms with van der Waals surface area (Å²) in [6.45, 7) is 5.40. The maximum atomic E-state index is 13.5. The molecular formula is C20H28N6O3. The number of urea groups is 1. The molecule has 0 bridgehead atoms. The number of carbonyl (C=O) groups excluding carboxylic acids is 2. The number of fused-ring (bicyclic) bond motifs is 3.